The number of aliphatic hydroxyl groups is 11. The summed E-state index contributed by atoms with van der Waals surface area (Å²) < 4.78 is 55.3. The van der Waals surface area contributed by atoms with Crippen LogP contribution in [0.4, 0.5) is 0 Å². The third kappa shape index (κ3) is 12.1. The van der Waals surface area contributed by atoms with Gasteiger partial charge in [-0.15, -0.1) is 0 Å². The van der Waals surface area contributed by atoms with Crippen LogP contribution >= 0.6 is 0 Å². The first-order valence-corrected chi connectivity index (χ1v) is 31.5. The van der Waals surface area contributed by atoms with E-state index in [1.54, 1.807) is 13.8 Å². The molecule has 87 heavy (non-hydrogen) atoms. The predicted octanol–water partition coefficient (Wildman–Crippen LogP) is 2.55. The molecule has 5 aliphatic carbocycles. The van der Waals surface area contributed by atoms with Crippen molar-refractivity contribution < 1.29 is 113 Å². The first-order chi connectivity index (χ1) is 40.7. The van der Waals surface area contributed by atoms with E-state index in [0.29, 0.717) is 51.4 Å². The summed E-state index contributed by atoms with van der Waals surface area (Å²) in [6, 6.07) is 0. The second kappa shape index (κ2) is 26.5. The molecule has 0 aromatic rings. The zero-order chi connectivity index (χ0) is 64.4. The average molecular weight is 1240 g/mol. The highest BCUT2D eigenvalue weighted by atomic mass is 16.8. The minimum atomic E-state index is -1.99. The Morgan fingerprint density at radius 3 is 1.90 bits per heavy atom. The Morgan fingerprint density at radius 1 is 0.701 bits per heavy atom. The van der Waals surface area contributed by atoms with E-state index in [4.69, 9.17) is 42.6 Å². The van der Waals surface area contributed by atoms with Crippen molar-refractivity contribution in [3.8, 4) is 0 Å². The van der Waals surface area contributed by atoms with E-state index in [1.807, 2.05) is 48.5 Å². The molecule has 0 aromatic carbocycles. The summed E-state index contributed by atoms with van der Waals surface area (Å²) in [6.45, 7) is 23.1. The van der Waals surface area contributed by atoms with Crippen LogP contribution in [0.2, 0.25) is 0 Å². The van der Waals surface area contributed by atoms with E-state index >= 15 is 0 Å². The fourth-order valence-electron chi connectivity index (χ4n) is 17.2. The Morgan fingerprint density at radius 2 is 1.31 bits per heavy atom. The van der Waals surface area contributed by atoms with Gasteiger partial charge in [-0.1, -0.05) is 91.2 Å². The average Bonchev–Trinajstić information content (AvgIpc) is 0.883. The standard InChI is InChI=1S/C64H102O23/c1-14-32(6)54(77)87-53-52(83-40(68)25-31(5)18-16-17-30(3)4)59(7,8)26-34-33-19-20-38-61(11)23-22-39(60(9,10)37(61)21-24-62(38,12)63(33,13)50(75)51(76)64(34,53)29-67)82-58-48(85-57-45(73)43(71)41(69)35(27-65)80-57)46(74)47(49(86-58)55(78)79-15-2)84-56-44(72)42(70)36(28-66)81-56/h17,19,25,32,34-39,41-53,56-58,65-67,69-76H,14-16,18,20-24,26-29H2,1-13H3. The number of aliphatic hydroxyl groups excluding tert-OH is 11. The minimum Gasteiger partial charge on any atom is -0.464 e. The van der Waals surface area contributed by atoms with Gasteiger partial charge in [0.1, 0.15) is 67.1 Å². The molecule has 27 unspecified atom stereocenters. The van der Waals surface area contributed by atoms with Gasteiger partial charge in [0.05, 0.1) is 56.1 Å². The third-order valence-corrected chi connectivity index (χ3v) is 22.6. The van der Waals surface area contributed by atoms with Crippen LogP contribution in [-0.2, 0) is 57.0 Å². The van der Waals surface area contributed by atoms with Crippen molar-refractivity contribution in [3.63, 3.8) is 0 Å². The first-order valence-electron chi connectivity index (χ1n) is 31.5. The fraction of sp³-hybridized carbons (Fsp3) is 0.859. The van der Waals surface area contributed by atoms with Crippen LogP contribution in [0.5, 0.6) is 0 Å². The van der Waals surface area contributed by atoms with Crippen molar-refractivity contribution in [2.45, 2.75) is 264 Å². The molecule has 23 nitrogen and oxygen atoms in total. The molecule has 8 aliphatic rings. The lowest BCUT2D eigenvalue weighted by atomic mass is 9.32. The largest absolute Gasteiger partial charge is 0.464 e. The number of ether oxygens (including phenoxy) is 9. The van der Waals surface area contributed by atoms with Gasteiger partial charge in [0.2, 0.25) is 0 Å². The third-order valence-electron chi connectivity index (χ3n) is 22.6. The van der Waals surface area contributed by atoms with E-state index in [2.05, 4.69) is 39.8 Å². The van der Waals surface area contributed by atoms with Crippen LogP contribution < -0.4 is 0 Å². The second-order valence-corrected chi connectivity index (χ2v) is 28.7. The summed E-state index contributed by atoms with van der Waals surface area (Å²) in [6.07, 6.45) is -20.5. The zero-order valence-electron chi connectivity index (χ0n) is 53.0. The van der Waals surface area contributed by atoms with E-state index in [0.717, 1.165) is 23.1 Å². The lowest BCUT2D eigenvalue weighted by Crippen LogP contribution is -2.76. The van der Waals surface area contributed by atoms with Crippen molar-refractivity contribution in [1.29, 1.82) is 0 Å². The van der Waals surface area contributed by atoms with Crippen molar-refractivity contribution in [1.82, 2.24) is 0 Å². The van der Waals surface area contributed by atoms with Crippen molar-refractivity contribution >= 4 is 17.9 Å². The molecule has 7 fully saturated rings. The summed E-state index contributed by atoms with van der Waals surface area (Å²) in [5.74, 6) is -3.72. The molecule has 4 saturated carbocycles. The Labute approximate surface area is 511 Å². The fourth-order valence-corrected chi connectivity index (χ4v) is 17.2. The summed E-state index contributed by atoms with van der Waals surface area (Å²) in [4.78, 5) is 42.0. The van der Waals surface area contributed by atoms with Gasteiger partial charge in [0.25, 0.3) is 0 Å². The molecular weight excluding hydrogens is 1140 g/mol. The number of rotatable bonds is 19. The number of fused-ring (bicyclic) bond motifs is 7. The smallest absolute Gasteiger partial charge is 0.338 e. The molecule has 0 amide bonds. The van der Waals surface area contributed by atoms with E-state index in [-0.39, 0.29) is 18.4 Å². The van der Waals surface area contributed by atoms with Gasteiger partial charge >= 0.3 is 17.9 Å². The van der Waals surface area contributed by atoms with Gasteiger partial charge in [-0.05, 0) is 119 Å². The summed E-state index contributed by atoms with van der Waals surface area (Å²) >= 11 is 0. The van der Waals surface area contributed by atoms with E-state index in [1.165, 1.54) is 6.08 Å². The number of hydrogen-bond acceptors (Lipinski definition) is 23. The molecule has 27 atom stereocenters. The quantitative estimate of drug-likeness (QED) is 0.0291. The molecule has 0 spiro atoms. The van der Waals surface area contributed by atoms with Crippen LogP contribution in [0.3, 0.4) is 0 Å². The molecule has 3 aliphatic heterocycles. The first kappa shape index (κ1) is 69.8. The molecule has 0 radical (unpaired) electrons. The monoisotopic (exact) mass is 1240 g/mol. The highest BCUT2D eigenvalue weighted by molar-refractivity contribution is 5.83. The maximum absolute atomic E-state index is 14.1. The molecule has 23 heteroatoms. The van der Waals surface area contributed by atoms with Crippen LogP contribution in [0.25, 0.3) is 0 Å². The number of carbonyl (C=O) groups excluding carboxylic acids is 3. The number of hydrogen-bond donors (Lipinski definition) is 11. The van der Waals surface area contributed by atoms with Crippen LogP contribution in [-0.4, -0.2) is 217 Å². The maximum Gasteiger partial charge on any atom is 0.338 e. The van der Waals surface area contributed by atoms with Crippen molar-refractivity contribution in [2.24, 2.45) is 56.2 Å². The van der Waals surface area contributed by atoms with E-state index in [9.17, 15) is 70.6 Å². The normalized spacial score (nSPS) is 46.1. The molecular formula is C64H102O23. The zero-order valence-corrected chi connectivity index (χ0v) is 53.0. The molecule has 0 bridgehead atoms. The summed E-state index contributed by atoms with van der Waals surface area (Å²) in [5.41, 5.74) is -2.86. The SMILES string of the molecule is CCOC(=O)C1OC(OC2CCC3(C)C(CCC4(C)C3CC=C3C5CC(C)(C)C(OC(=O)C=C(C)CCC=C(C)C)C(OC(=O)C(C)CC)C5(CO)C(O)C(O)C34C)C2(C)C)C(OC2OC(CO)C(O)C(O)C2O)C(O)C1OC1OC(CO)C(O)C1O. The van der Waals surface area contributed by atoms with Gasteiger partial charge in [-0.25, -0.2) is 9.59 Å². The predicted molar refractivity (Wildman–Crippen MR) is 309 cm³/mol. The van der Waals surface area contributed by atoms with Crippen molar-refractivity contribution in [3.05, 3.63) is 34.9 Å². The number of allylic oxidation sites excluding steroid dienone is 4. The number of carbonyl (C=O) groups is 3. The summed E-state index contributed by atoms with van der Waals surface area (Å²) in [7, 11) is 0. The Balaban J connectivity index is 1.12. The van der Waals surface area contributed by atoms with Crippen LogP contribution in [0.15, 0.2) is 34.9 Å². The molecule has 8 rings (SSSR count). The molecule has 0 aromatic heterocycles. The van der Waals surface area contributed by atoms with Gasteiger partial charge in [-0.2, -0.15) is 0 Å². The summed E-state index contributed by atoms with van der Waals surface area (Å²) in [5, 5.41) is 125. The van der Waals surface area contributed by atoms with Gasteiger partial charge in [-0.3, -0.25) is 4.79 Å². The Kier molecular flexibility index (Phi) is 21.3. The highest BCUT2D eigenvalue weighted by Crippen LogP contribution is 2.76. The van der Waals surface area contributed by atoms with Crippen LogP contribution in [0.1, 0.15) is 148 Å². The second-order valence-electron chi connectivity index (χ2n) is 28.7. The van der Waals surface area contributed by atoms with Gasteiger partial charge in [0.15, 0.2) is 31.1 Å². The molecule has 3 saturated heterocycles. The highest BCUT2D eigenvalue weighted by Gasteiger charge is 2.76. The van der Waals surface area contributed by atoms with Crippen LogP contribution in [0, 0.1) is 56.2 Å². The van der Waals surface area contributed by atoms with Crippen molar-refractivity contribution in [2.75, 3.05) is 26.4 Å². The maximum atomic E-state index is 14.1. The Bertz CT molecular complexity index is 2530. The molecule has 11 N–H and O–H groups in total. The molecule has 3 heterocycles. The number of esters is 3. The van der Waals surface area contributed by atoms with E-state index < -0.39 is 199 Å². The van der Waals surface area contributed by atoms with Gasteiger partial charge < -0.3 is 98.8 Å². The minimum absolute atomic E-state index is 0.122. The van der Waals surface area contributed by atoms with Gasteiger partial charge in [0, 0.05) is 16.9 Å². The lowest BCUT2D eigenvalue weighted by Gasteiger charge is -2.73. The lowest BCUT2D eigenvalue weighted by molar-refractivity contribution is -0.383. The topological polar surface area (TPSA) is 357 Å². The molecule has 496 valence electrons. The Hall–Kier alpha value is -3.05.